The Hall–Kier alpha value is -1.14. The third-order valence-electron chi connectivity index (χ3n) is 2.47. The predicted molar refractivity (Wildman–Crippen MR) is 75.9 cm³/mol. The van der Waals surface area contributed by atoms with Gasteiger partial charge in [-0.2, -0.15) is 0 Å². The Balaban J connectivity index is 2.94. The highest BCUT2D eigenvalue weighted by atomic mass is 32.2. The van der Waals surface area contributed by atoms with Crippen LogP contribution in [-0.4, -0.2) is 26.5 Å². The number of carbonyl (C=O) groups excluding carboxylic acids is 1. The molecule has 1 heterocycles. The zero-order chi connectivity index (χ0) is 14.6. The zero-order valence-electron chi connectivity index (χ0n) is 12.1. The van der Waals surface area contributed by atoms with Crippen molar-refractivity contribution in [2.45, 2.75) is 45.4 Å². The Labute approximate surface area is 116 Å². The predicted octanol–water partition coefficient (Wildman–Crippen LogP) is 1.98. The van der Waals surface area contributed by atoms with Gasteiger partial charge in [-0.25, -0.2) is 13.7 Å². The van der Waals surface area contributed by atoms with Gasteiger partial charge in [0.1, 0.15) is 0 Å². The molecule has 1 aromatic rings. The third-order valence-corrected chi connectivity index (χ3v) is 4.03. The Morgan fingerprint density at radius 1 is 1.47 bits per heavy atom. The molecule has 2 N–H and O–H groups in total. The molecule has 5 nitrogen and oxygen atoms in total. The van der Waals surface area contributed by atoms with E-state index in [-0.39, 0.29) is 0 Å². The monoisotopic (exact) mass is 286 g/mol. The Morgan fingerprint density at radius 3 is 2.53 bits per heavy atom. The molecule has 0 fully saturated rings. The van der Waals surface area contributed by atoms with Gasteiger partial charge in [-0.15, -0.1) is 0 Å². The second kappa shape index (κ2) is 6.34. The van der Waals surface area contributed by atoms with Crippen LogP contribution in [0.25, 0.3) is 0 Å². The van der Waals surface area contributed by atoms with E-state index in [0.717, 1.165) is 5.69 Å². The molecule has 1 aromatic heterocycles. The number of carbonyl (C=O) groups is 1. The quantitative estimate of drug-likeness (QED) is 0.813. The van der Waals surface area contributed by atoms with Crippen molar-refractivity contribution in [1.82, 2.24) is 9.71 Å². The second-order valence-electron chi connectivity index (χ2n) is 5.28. The molecule has 0 aliphatic rings. The van der Waals surface area contributed by atoms with Gasteiger partial charge in [-0.3, -0.25) is 0 Å². The summed E-state index contributed by atoms with van der Waals surface area (Å²) in [6.07, 6.45) is 0. The van der Waals surface area contributed by atoms with Crippen LogP contribution in [0.15, 0.2) is 12.1 Å². The van der Waals surface area contributed by atoms with Gasteiger partial charge < -0.3 is 9.72 Å². The molecular weight excluding hydrogens is 264 g/mol. The zero-order valence-corrected chi connectivity index (χ0v) is 12.9. The van der Waals surface area contributed by atoms with Crippen molar-refractivity contribution < 1.29 is 13.7 Å². The van der Waals surface area contributed by atoms with Crippen molar-refractivity contribution in [3.8, 4) is 0 Å². The molecule has 0 bridgehead atoms. The molecule has 0 aromatic carbocycles. The van der Waals surface area contributed by atoms with E-state index >= 15 is 0 Å². The normalized spacial score (nSPS) is 15.0. The molecule has 0 saturated heterocycles. The molecule has 0 spiro atoms. The summed E-state index contributed by atoms with van der Waals surface area (Å²) in [4.78, 5) is 15.1. The van der Waals surface area contributed by atoms with Crippen molar-refractivity contribution in [2.24, 2.45) is 0 Å². The lowest BCUT2D eigenvalue weighted by molar-refractivity contribution is -0.145. The van der Waals surface area contributed by atoms with Gasteiger partial charge >= 0.3 is 5.97 Å². The number of aryl methyl sites for hydroxylation is 1. The van der Waals surface area contributed by atoms with E-state index in [1.54, 1.807) is 13.0 Å². The van der Waals surface area contributed by atoms with Crippen LogP contribution in [0.2, 0.25) is 0 Å². The molecule has 1 rings (SSSR count). The smallest absolute Gasteiger partial charge is 0.330 e. The van der Waals surface area contributed by atoms with Crippen molar-refractivity contribution in [3.63, 3.8) is 0 Å². The molecule has 0 aliphatic heterocycles. The van der Waals surface area contributed by atoms with E-state index in [9.17, 15) is 9.00 Å². The molecule has 0 saturated carbocycles. The van der Waals surface area contributed by atoms with E-state index in [0.29, 0.717) is 12.3 Å². The van der Waals surface area contributed by atoms with Crippen molar-refractivity contribution in [3.05, 3.63) is 23.5 Å². The lowest BCUT2D eigenvalue weighted by atomic mass is 10.2. The minimum Gasteiger partial charge on any atom is -0.465 e. The van der Waals surface area contributed by atoms with E-state index < -0.39 is 27.7 Å². The molecule has 0 amide bonds. The summed E-state index contributed by atoms with van der Waals surface area (Å²) in [5, 5.41) is 0. The first-order valence-corrected chi connectivity index (χ1v) is 7.41. The molecule has 0 aliphatic carbocycles. The fraction of sp³-hybridized carbons (Fsp3) is 0.615. The number of esters is 1. The number of aromatic amines is 1. The van der Waals surface area contributed by atoms with Crippen LogP contribution in [-0.2, 0) is 20.5 Å². The average Bonchev–Trinajstić information content (AvgIpc) is 2.71. The number of nitrogens with one attached hydrogen (secondary N) is 2. The second-order valence-corrected chi connectivity index (χ2v) is 7.28. The van der Waals surface area contributed by atoms with Crippen LogP contribution in [0.4, 0.5) is 0 Å². The Morgan fingerprint density at radius 2 is 2.11 bits per heavy atom. The molecule has 108 valence electrons. The van der Waals surface area contributed by atoms with Crippen LogP contribution in [0.1, 0.15) is 45.1 Å². The number of ether oxygens (including phenoxy) is 1. The summed E-state index contributed by atoms with van der Waals surface area (Å²) in [6.45, 7) is 9.47. The van der Waals surface area contributed by atoms with Crippen LogP contribution >= 0.6 is 0 Å². The number of H-pyrrole nitrogens is 1. The molecule has 0 radical (unpaired) electrons. The van der Waals surface area contributed by atoms with Crippen molar-refractivity contribution in [1.29, 1.82) is 0 Å². The Kier molecular flexibility index (Phi) is 5.31. The van der Waals surface area contributed by atoms with E-state index in [1.165, 1.54) is 0 Å². The van der Waals surface area contributed by atoms with Crippen LogP contribution in [0.5, 0.6) is 0 Å². The largest absolute Gasteiger partial charge is 0.465 e. The minimum absolute atomic E-state index is 0.291. The summed E-state index contributed by atoms with van der Waals surface area (Å²) >= 11 is 0. The first kappa shape index (κ1) is 15.9. The van der Waals surface area contributed by atoms with Gasteiger partial charge in [0, 0.05) is 11.4 Å². The van der Waals surface area contributed by atoms with E-state index in [2.05, 4.69) is 9.71 Å². The van der Waals surface area contributed by atoms with Gasteiger partial charge in [-0.05, 0) is 46.8 Å². The molecule has 1 unspecified atom stereocenters. The highest BCUT2D eigenvalue weighted by molar-refractivity contribution is 7.84. The Bertz CT molecular complexity index is 463. The first-order valence-electron chi connectivity index (χ1n) is 6.26. The van der Waals surface area contributed by atoms with E-state index in [4.69, 9.17) is 4.74 Å². The summed E-state index contributed by atoms with van der Waals surface area (Å²) in [5.41, 5.74) is 1.60. The fourth-order valence-electron chi connectivity index (χ4n) is 1.44. The van der Waals surface area contributed by atoms with Gasteiger partial charge in [0.2, 0.25) is 0 Å². The lowest BCUT2D eigenvalue weighted by Crippen LogP contribution is -2.39. The van der Waals surface area contributed by atoms with Crippen LogP contribution < -0.4 is 4.72 Å². The summed E-state index contributed by atoms with van der Waals surface area (Å²) in [6, 6.07) is 2.92. The van der Waals surface area contributed by atoms with Crippen molar-refractivity contribution >= 4 is 17.0 Å². The number of aromatic nitrogens is 1. The number of hydrogen-bond acceptors (Lipinski definition) is 3. The third kappa shape index (κ3) is 4.47. The van der Waals surface area contributed by atoms with Gasteiger partial charge in [0.05, 0.1) is 22.3 Å². The highest BCUT2D eigenvalue weighted by Gasteiger charge is 2.29. The average molecular weight is 286 g/mol. The van der Waals surface area contributed by atoms with Gasteiger partial charge in [-0.1, -0.05) is 0 Å². The molecule has 2 atom stereocenters. The fourth-order valence-corrected chi connectivity index (χ4v) is 2.23. The molecular formula is C13H22N2O3S. The van der Waals surface area contributed by atoms with Crippen LogP contribution in [0.3, 0.4) is 0 Å². The number of hydrogen-bond donors (Lipinski definition) is 2. The number of rotatable bonds is 5. The van der Waals surface area contributed by atoms with Crippen molar-refractivity contribution in [2.75, 3.05) is 6.61 Å². The standard InChI is InChI=1S/C13H22N2O3S/c1-6-18-12(16)11(10-8-7-9(2)14-10)15-19(17)13(3,4)5/h7-8,11,14-15H,6H2,1-5H3/t11-,19?/m0/s1. The summed E-state index contributed by atoms with van der Waals surface area (Å²) in [5.74, 6) is -0.429. The SMILES string of the molecule is CCOC(=O)[C@@H](NS(=O)C(C)(C)C)c1ccc(C)[nH]1. The maximum atomic E-state index is 12.1. The summed E-state index contributed by atoms with van der Waals surface area (Å²) in [7, 11) is -1.35. The van der Waals surface area contributed by atoms with Crippen LogP contribution in [0, 0.1) is 6.92 Å². The van der Waals surface area contributed by atoms with E-state index in [1.807, 2.05) is 33.8 Å². The topological polar surface area (TPSA) is 71.2 Å². The maximum absolute atomic E-state index is 12.1. The molecule has 19 heavy (non-hydrogen) atoms. The van der Waals surface area contributed by atoms with Gasteiger partial charge in [0.25, 0.3) is 0 Å². The first-order chi connectivity index (χ1) is 8.75. The summed E-state index contributed by atoms with van der Waals surface area (Å²) < 4.78 is 19.6. The van der Waals surface area contributed by atoms with Gasteiger partial charge in [0.15, 0.2) is 6.04 Å². The molecule has 6 heteroatoms. The lowest BCUT2D eigenvalue weighted by Gasteiger charge is -2.22. The highest BCUT2D eigenvalue weighted by Crippen LogP contribution is 2.18. The minimum atomic E-state index is -1.35. The maximum Gasteiger partial charge on any atom is 0.330 e.